The van der Waals surface area contributed by atoms with Crippen molar-refractivity contribution in [2.45, 2.75) is 5.75 Å². The topological polar surface area (TPSA) is 85.9 Å². The van der Waals surface area contributed by atoms with Crippen LogP contribution in [0.3, 0.4) is 0 Å². The smallest absolute Gasteiger partial charge is 0.144 e. The molecule has 0 aliphatic carbocycles. The summed E-state index contributed by atoms with van der Waals surface area (Å²) < 4.78 is 21.5. The quantitative estimate of drug-likeness (QED) is 0.720. The van der Waals surface area contributed by atoms with Gasteiger partial charge in [0.05, 0.1) is 5.75 Å². The van der Waals surface area contributed by atoms with Crippen molar-refractivity contribution in [1.29, 1.82) is 0 Å². The van der Waals surface area contributed by atoms with Crippen LogP contribution in [0, 0.1) is 0 Å². The fourth-order valence-corrected chi connectivity index (χ4v) is 2.85. The fraction of sp³-hybridized carbons (Fsp3) is 0.0588. The van der Waals surface area contributed by atoms with E-state index in [9.17, 15) is 8.42 Å². The average Bonchev–Trinajstić information content (AvgIpc) is 2.56. The summed E-state index contributed by atoms with van der Waals surface area (Å²) in [5.74, 6) is 0.498. The number of anilines is 1. The molecule has 0 aliphatic heterocycles. The first-order valence-electron chi connectivity index (χ1n) is 7.00. The summed E-state index contributed by atoms with van der Waals surface area (Å²) in [5.41, 5.74) is 10.3. The molecule has 0 spiro atoms. The van der Waals surface area contributed by atoms with E-state index in [-0.39, 0.29) is 5.75 Å². The Morgan fingerprint density at radius 3 is 2.39 bits per heavy atom. The monoisotopic (exact) mass is 325 g/mol. The lowest BCUT2D eigenvalue weighted by Crippen LogP contribution is -1.95. The van der Waals surface area contributed by atoms with Crippen molar-refractivity contribution in [3.63, 3.8) is 0 Å². The van der Waals surface area contributed by atoms with Crippen LogP contribution in [0.1, 0.15) is 5.56 Å². The molecular formula is C17H15N3O2S. The van der Waals surface area contributed by atoms with Gasteiger partial charge in [0.25, 0.3) is 0 Å². The number of benzene rings is 1. The first kappa shape index (κ1) is 15.2. The van der Waals surface area contributed by atoms with Crippen LogP contribution in [0.4, 0.5) is 5.82 Å². The van der Waals surface area contributed by atoms with E-state index in [0.29, 0.717) is 5.82 Å². The highest BCUT2D eigenvalue weighted by Crippen LogP contribution is 2.29. The predicted octanol–water partition coefficient (Wildman–Crippen LogP) is 2.50. The number of hydrogen-bond donors (Lipinski definition) is 2. The fourth-order valence-electron chi connectivity index (χ4n) is 2.34. The minimum absolute atomic E-state index is 0.0521. The number of nitrogens with zero attached hydrogens (tertiary/aromatic N) is 2. The van der Waals surface area contributed by atoms with Gasteiger partial charge in [-0.25, -0.2) is 13.4 Å². The highest BCUT2D eigenvalue weighted by Gasteiger charge is 2.07. The Hall–Kier alpha value is -2.73. The molecule has 0 atom stereocenters. The zero-order valence-corrected chi connectivity index (χ0v) is 13.1. The largest absolute Gasteiger partial charge is 0.383 e. The minimum atomic E-state index is -2.42. The van der Waals surface area contributed by atoms with Gasteiger partial charge in [0.2, 0.25) is 0 Å². The van der Waals surface area contributed by atoms with Crippen molar-refractivity contribution >= 4 is 16.5 Å². The van der Waals surface area contributed by atoms with Gasteiger partial charge in [-0.2, -0.15) is 0 Å². The maximum Gasteiger partial charge on any atom is 0.144 e. The minimum Gasteiger partial charge on any atom is -0.383 e. The summed E-state index contributed by atoms with van der Waals surface area (Å²) in [4.78, 5) is 8.36. The van der Waals surface area contributed by atoms with Crippen LogP contribution in [0.5, 0.6) is 0 Å². The Labute approximate surface area is 135 Å². The molecule has 3 rings (SSSR count). The van der Waals surface area contributed by atoms with Crippen molar-refractivity contribution in [3.05, 3.63) is 66.6 Å². The molecule has 0 aliphatic rings. The maximum atomic E-state index is 10.8. The third-order valence-electron chi connectivity index (χ3n) is 3.49. The number of aromatic nitrogens is 2. The zero-order valence-electron chi connectivity index (χ0n) is 12.2. The molecule has 2 N–H and O–H groups in total. The van der Waals surface area contributed by atoms with Gasteiger partial charge >= 0.3 is 0 Å². The molecule has 23 heavy (non-hydrogen) atoms. The predicted molar refractivity (Wildman–Crippen MR) is 91.3 cm³/mol. The molecule has 0 bridgehead atoms. The third kappa shape index (κ3) is 3.54. The van der Waals surface area contributed by atoms with Gasteiger partial charge in [0.15, 0.2) is 0 Å². The molecule has 0 unspecified atom stereocenters. The Bertz CT molecular complexity index is 883. The van der Waals surface area contributed by atoms with Crippen LogP contribution in [0.25, 0.3) is 22.3 Å². The Morgan fingerprint density at radius 2 is 1.74 bits per heavy atom. The number of thiol groups is 1. The molecular weight excluding hydrogens is 310 g/mol. The normalized spacial score (nSPS) is 10.8. The van der Waals surface area contributed by atoms with Crippen molar-refractivity contribution < 1.29 is 8.42 Å². The molecule has 0 amide bonds. The summed E-state index contributed by atoms with van der Waals surface area (Å²) in [6.07, 6.45) is 5.15. The molecule has 5 nitrogen and oxygen atoms in total. The summed E-state index contributed by atoms with van der Waals surface area (Å²) in [7, 11) is -2.42. The van der Waals surface area contributed by atoms with Crippen molar-refractivity contribution in [2.75, 3.05) is 5.73 Å². The number of rotatable bonds is 4. The first-order chi connectivity index (χ1) is 11.1. The second-order valence-corrected chi connectivity index (χ2v) is 6.07. The van der Waals surface area contributed by atoms with E-state index < -0.39 is 10.7 Å². The van der Waals surface area contributed by atoms with Crippen LogP contribution < -0.4 is 5.73 Å². The number of pyridine rings is 2. The van der Waals surface area contributed by atoms with E-state index in [0.717, 1.165) is 27.8 Å². The van der Waals surface area contributed by atoms with Gasteiger partial charge in [-0.15, -0.1) is 0 Å². The van der Waals surface area contributed by atoms with Gasteiger partial charge in [0.1, 0.15) is 16.5 Å². The molecule has 1 aromatic carbocycles. The van der Waals surface area contributed by atoms with Crippen LogP contribution in [-0.2, 0) is 16.5 Å². The summed E-state index contributed by atoms with van der Waals surface area (Å²) >= 11 is 0. The summed E-state index contributed by atoms with van der Waals surface area (Å²) in [6, 6.07) is 13.1. The third-order valence-corrected chi connectivity index (χ3v) is 4.11. The molecule has 0 fully saturated rings. The average molecular weight is 325 g/mol. The second-order valence-electron chi connectivity index (χ2n) is 5.09. The maximum absolute atomic E-state index is 10.8. The van der Waals surface area contributed by atoms with E-state index in [1.54, 1.807) is 30.7 Å². The van der Waals surface area contributed by atoms with E-state index in [2.05, 4.69) is 9.97 Å². The lowest BCUT2D eigenvalue weighted by atomic mass is 10.0. The van der Waals surface area contributed by atoms with Crippen LogP contribution in [-0.4, -0.2) is 18.4 Å². The molecule has 2 heterocycles. The van der Waals surface area contributed by atoms with Crippen LogP contribution >= 0.6 is 0 Å². The molecule has 0 radical (unpaired) electrons. The Balaban J connectivity index is 1.98. The molecule has 2 aromatic heterocycles. The van der Waals surface area contributed by atoms with Crippen molar-refractivity contribution in [3.8, 4) is 22.3 Å². The highest BCUT2D eigenvalue weighted by molar-refractivity contribution is 7.71. The van der Waals surface area contributed by atoms with Gasteiger partial charge in [-0.1, -0.05) is 30.3 Å². The second kappa shape index (κ2) is 6.58. The van der Waals surface area contributed by atoms with E-state index >= 15 is 0 Å². The summed E-state index contributed by atoms with van der Waals surface area (Å²) in [6.45, 7) is 0. The van der Waals surface area contributed by atoms with E-state index in [1.165, 1.54) is 0 Å². The zero-order chi connectivity index (χ0) is 16.2. The first-order valence-corrected chi connectivity index (χ1v) is 8.37. The molecule has 0 saturated carbocycles. The standard InChI is InChI=1S/C17H15N3O2S/c18-17-16(14-2-1-7-19-9-14)8-15(10-20-17)13-5-3-12(4-6-13)11-23(21)22/h1-10,23H,11H2,(H2,18,20). The number of hydrogen-bond acceptors (Lipinski definition) is 5. The van der Waals surface area contributed by atoms with E-state index in [4.69, 9.17) is 5.73 Å². The lowest BCUT2D eigenvalue weighted by Gasteiger charge is -2.08. The number of nitrogens with two attached hydrogens (primary N) is 1. The summed E-state index contributed by atoms with van der Waals surface area (Å²) in [5, 5.41) is 0. The van der Waals surface area contributed by atoms with Gasteiger partial charge < -0.3 is 5.73 Å². The highest BCUT2D eigenvalue weighted by atomic mass is 32.2. The van der Waals surface area contributed by atoms with E-state index in [1.807, 2.05) is 30.3 Å². The van der Waals surface area contributed by atoms with Crippen molar-refractivity contribution in [2.24, 2.45) is 0 Å². The lowest BCUT2D eigenvalue weighted by molar-refractivity contribution is 0.614. The van der Waals surface area contributed by atoms with Crippen LogP contribution in [0.15, 0.2) is 61.1 Å². The molecule has 3 aromatic rings. The Morgan fingerprint density at radius 1 is 0.957 bits per heavy atom. The van der Waals surface area contributed by atoms with Gasteiger partial charge in [-0.05, 0) is 23.3 Å². The van der Waals surface area contributed by atoms with Crippen molar-refractivity contribution in [1.82, 2.24) is 9.97 Å². The van der Waals surface area contributed by atoms with Crippen LogP contribution in [0.2, 0.25) is 0 Å². The molecule has 0 saturated heterocycles. The van der Waals surface area contributed by atoms with Gasteiger partial charge in [0, 0.05) is 35.3 Å². The Kier molecular flexibility index (Phi) is 4.34. The number of nitrogen functional groups attached to an aromatic ring is 1. The van der Waals surface area contributed by atoms with Gasteiger partial charge in [-0.3, -0.25) is 4.98 Å². The SMILES string of the molecule is Nc1ncc(-c2ccc(C[SH](=O)=O)cc2)cc1-c1cccnc1. The molecule has 116 valence electrons. The molecule has 6 heteroatoms.